The van der Waals surface area contributed by atoms with Gasteiger partial charge >= 0.3 is 0 Å². The molecule has 0 saturated carbocycles. The molecular weight excluding hydrogens is 396 g/mol. The predicted octanol–water partition coefficient (Wildman–Crippen LogP) is 5.52. The lowest BCUT2D eigenvalue weighted by molar-refractivity contribution is 0.211. The Labute approximate surface area is 171 Å². The molecule has 0 aliphatic heterocycles. The molecule has 3 aromatic heterocycles. The summed E-state index contributed by atoms with van der Waals surface area (Å²) in [5, 5.41) is 11.0. The summed E-state index contributed by atoms with van der Waals surface area (Å²) in [5.41, 5.74) is 0.947. The lowest BCUT2D eigenvalue weighted by atomic mass is 10.2. The molecule has 0 radical (unpaired) electrons. The van der Waals surface area contributed by atoms with Gasteiger partial charge in [-0.15, -0.1) is 21.5 Å². The van der Waals surface area contributed by atoms with E-state index in [-0.39, 0.29) is 0 Å². The van der Waals surface area contributed by atoms with Crippen LogP contribution in [0, 0.1) is 0 Å². The molecule has 0 aliphatic carbocycles. The van der Waals surface area contributed by atoms with Crippen molar-refractivity contribution in [1.82, 2.24) is 20.1 Å². The molecule has 0 N–H and O–H groups in total. The number of hydrogen-bond donors (Lipinski definition) is 0. The van der Waals surface area contributed by atoms with Gasteiger partial charge in [0.2, 0.25) is 11.8 Å². The van der Waals surface area contributed by atoms with Crippen molar-refractivity contribution in [2.45, 2.75) is 26.4 Å². The van der Waals surface area contributed by atoms with E-state index in [0.717, 1.165) is 29.2 Å². The van der Waals surface area contributed by atoms with Gasteiger partial charge in [-0.2, -0.15) is 0 Å². The molecule has 6 nitrogen and oxygen atoms in total. The number of hydrogen-bond acceptors (Lipinski definition) is 7. The molecule has 0 amide bonds. The summed E-state index contributed by atoms with van der Waals surface area (Å²) in [4.78, 5) is 7.58. The average Bonchev–Trinajstić information content (AvgIpc) is 3.44. The normalized spacial score (nSPS) is 11.4. The minimum Gasteiger partial charge on any atom is -0.439 e. The summed E-state index contributed by atoms with van der Waals surface area (Å²) in [7, 11) is 0. The fraction of sp³-hybridized carbons (Fsp3) is 0.250. The molecule has 8 heteroatoms. The highest BCUT2D eigenvalue weighted by Crippen LogP contribution is 2.25. The van der Waals surface area contributed by atoms with Crippen molar-refractivity contribution in [1.29, 1.82) is 0 Å². The van der Waals surface area contributed by atoms with Crippen molar-refractivity contribution in [2.75, 3.05) is 6.54 Å². The van der Waals surface area contributed by atoms with Crippen LogP contribution >= 0.6 is 22.9 Å². The highest BCUT2D eigenvalue weighted by molar-refractivity contribution is 7.13. The molecule has 4 aromatic rings. The van der Waals surface area contributed by atoms with E-state index in [9.17, 15) is 0 Å². The summed E-state index contributed by atoms with van der Waals surface area (Å²) in [6, 6.07) is 11.4. The standard InChI is InChI=1S/C20H19ClN4O2S/c1-2-9-25(13-19-23-24-20(27-19)17-4-3-10-28-17)12-18-22-11-16(26-18)14-5-7-15(21)8-6-14/h3-8,10-11H,2,9,12-13H2,1H3. The Hall–Kier alpha value is -2.48. The zero-order valence-electron chi connectivity index (χ0n) is 15.3. The van der Waals surface area contributed by atoms with E-state index in [4.69, 9.17) is 20.4 Å². The molecule has 4 rings (SSSR count). The van der Waals surface area contributed by atoms with Crippen LogP contribution < -0.4 is 0 Å². The number of aromatic nitrogens is 3. The second-order valence-corrected chi connectivity index (χ2v) is 7.70. The third-order valence-electron chi connectivity index (χ3n) is 4.14. The van der Waals surface area contributed by atoms with E-state index < -0.39 is 0 Å². The summed E-state index contributed by atoms with van der Waals surface area (Å²) >= 11 is 7.53. The maximum atomic E-state index is 5.95. The first-order valence-electron chi connectivity index (χ1n) is 9.00. The molecule has 28 heavy (non-hydrogen) atoms. The number of benzene rings is 1. The fourth-order valence-electron chi connectivity index (χ4n) is 2.86. The molecule has 0 spiro atoms. The first kappa shape index (κ1) is 18.9. The summed E-state index contributed by atoms with van der Waals surface area (Å²) < 4.78 is 11.7. The molecule has 3 heterocycles. The topological polar surface area (TPSA) is 68.2 Å². The van der Waals surface area contributed by atoms with Crippen LogP contribution in [0.5, 0.6) is 0 Å². The monoisotopic (exact) mass is 414 g/mol. The zero-order chi connectivity index (χ0) is 19.3. The van der Waals surface area contributed by atoms with Gasteiger partial charge in [0.15, 0.2) is 5.76 Å². The van der Waals surface area contributed by atoms with Gasteiger partial charge in [-0.05, 0) is 48.7 Å². The van der Waals surface area contributed by atoms with Crippen molar-refractivity contribution in [2.24, 2.45) is 0 Å². The first-order chi connectivity index (χ1) is 13.7. The maximum absolute atomic E-state index is 5.95. The van der Waals surface area contributed by atoms with Crippen molar-refractivity contribution in [3.05, 3.63) is 64.8 Å². The molecule has 0 aliphatic rings. The Kier molecular flexibility index (Phi) is 5.85. The van der Waals surface area contributed by atoms with E-state index >= 15 is 0 Å². The van der Waals surface area contributed by atoms with Gasteiger partial charge in [0.1, 0.15) is 0 Å². The Morgan fingerprint density at radius 1 is 1.04 bits per heavy atom. The Balaban J connectivity index is 1.44. The summed E-state index contributed by atoms with van der Waals surface area (Å²) in [5.74, 6) is 2.52. The molecule has 144 valence electrons. The fourth-order valence-corrected chi connectivity index (χ4v) is 3.63. The van der Waals surface area contributed by atoms with E-state index in [1.54, 1.807) is 17.5 Å². The van der Waals surface area contributed by atoms with E-state index in [2.05, 4.69) is 27.0 Å². The number of halogens is 1. The molecule has 0 fully saturated rings. The van der Waals surface area contributed by atoms with Gasteiger partial charge in [0.05, 0.1) is 24.2 Å². The van der Waals surface area contributed by atoms with Crippen LogP contribution in [0.2, 0.25) is 5.02 Å². The second-order valence-electron chi connectivity index (χ2n) is 6.31. The quantitative estimate of drug-likeness (QED) is 0.378. The molecule has 0 unspecified atom stereocenters. The van der Waals surface area contributed by atoms with Gasteiger partial charge < -0.3 is 8.83 Å². The van der Waals surface area contributed by atoms with Crippen LogP contribution in [0.25, 0.3) is 22.1 Å². The molecule has 0 atom stereocenters. The van der Waals surface area contributed by atoms with E-state index in [0.29, 0.717) is 35.8 Å². The van der Waals surface area contributed by atoms with E-state index in [1.165, 1.54) is 0 Å². The lowest BCUT2D eigenvalue weighted by Crippen LogP contribution is -2.24. The van der Waals surface area contributed by atoms with Crippen LogP contribution in [-0.4, -0.2) is 26.6 Å². The highest BCUT2D eigenvalue weighted by Gasteiger charge is 2.16. The van der Waals surface area contributed by atoms with Crippen LogP contribution in [0.3, 0.4) is 0 Å². The lowest BCUT2D eigenvalue weighted by Gasteiger charge is -2.17. The van der Waals surface area contributed by atoms with Crippen LogP contribution in [0.1, 0.15) is 25.1 Å². The average molecular weight is 415 g/mol. The maximum Gasteiger partial charge on any atom is 0.257 e. The molecule has 0 bridgehead atoms. The third-order valence-corrected chi connectivity index (χ3v) is 5.25. The Morgan fingerprint density at radius 2 is 1.86 bits per heavy atom. The van der Waals surface area contributed by atoms with Crippen molar-refractivity contribution < 1.29 is 8.83 Å². The highest BCUT2D eigenvalue weighted by atomic mass is 35.5. The van der Waals surface area contributed by atoms with Crippen LogP contribution in [0.4, 0.5) is 0 Å². The van der Waals surface area contributed by atoms with Crippen LogP contribution in [0.15, 0.2) is 56.8 Å². The predicted molar refractivity (Wildman–Crippen MR) is 109 cm³/mol. The second kappa shape index (κ2) is 8.68. The van der Waals surface area contributed by atoms with Crippen molar-refractivity contribution in [3.63, 3.8) is 0 Å². The van der Waals surface area contributed by atoms with E-state index in [1.807, 2.05) is 41.8 Å². The van der Waals surface area contributed by atoms with Crippen molar-refractivity contribution >= 4 is 22.9 Å². The van der Waals surface area contributed by atoms with Gasteiger partial charge in [-0.25, -0.2) is 4.98 Å². The number of rotatable bonds is 8. The minimum absolute atomic E-state index is 0.547. The molecule has 1 aromatic carbocycles. The van der Waals surface area contributed by atoms with Crippen LogP contribution in [-0.2, 0) is 13.1 Å². The van der Waals surface area contributed by atoms with Gasteiger partial charge in [-0.3, -0.25) is 4.90 Å². The summed E-state index contributed by atoms with van der Waals surface area (Å²) in [6.45, 7) is 4.12. The number of thiophene rings is 1. The Bertz CT molecular complexity index is 1010. The third kappa shape index (κ3) is 4.49. The summed E-state index contributed by atoms with van der Waals surface area (Å²) in [6.07, 6.45) is 2.74. The Morgan fingerprint density at radius 3 is 2.61 bits per heavy atom. The van der Waals surface area contributed by atoms with Crippen molar-refractivity contribution in [3.8, 4) is 22.1 Å². The van der Waals surface area contributed by atoms with Gasteiger partial charge in [0, 0.05) is 10.6 Å². The molecular formula is C20H19ClN4O2S. The molecule has 0 saturated heterocycles. The van der Waals surface area contributed by atoms with Gasteiger partial charge in [-0.1, -0.05) is 24.6 Å². The largest absolute Gasteiger partial charge is 0.439 e. The zero-order valence-corrected chi connectivity index (χ0v) is 16.9. The first-order valence-corrected chi connectivity index (χ1v) is 10.3. The number of oxazole rings is 1. The SMILES string of the molecule is CCCN(Cc1ncc(-c2ccc(Cl)cc2)o1)Cc1nnc(-c2cccs2)o1. The van der Waals surface area contributed by atoms with Gasteiger partial charge in [0.25, 0.3) is 5.89 Å². The smallest absolute Gasteiger partial charge is 0.257 e. The number of nitrogens with zero attached hydrogens (tertiary/aromatic N) is 4. The minimum atomic E-state index is 0.547.